The first-order chi connectivity index (χ1) is 15.4. The van der Waals surface area contributed by atoms with Crippen molar-refractivity contribution in [1.29, 1.82) is 0 Å². The van der Waals surface area contributed by atoms with Crippen LogP contribution in [0.1, 0.15) is 73.9 Å². The van der Waals surface area contributed by atoms with E-state index in [1.165, 1.54) is 33.3 Å². The number of aromatic amines is 1. The number of carbonyl (C=O) groups excluding carboxylic acids is 1. The van der Waals surface area contributed by atoms with E-state index in [2.05, 4.69) is 78.6 Å². The molecule has 0 aliphatic heterocycles. The number of hydrogen-bond acceptors (Lipinski definition) is 3. The first-order valence-electron chi connectivity index (χ1n) is 11.9. The van der Waals surface area contributed by atoms with Crippen LogP contribution in [0.4, 0.5) is 0 Å². The van der Waals surface area contributed by atoms with Crippen LogP contribution in [0.3, 0.4) is 0 Å². The van der Waals surface area contributed by atoms with E-state index in [1.54, 1.807) is 0 Å². The number of rotatable bonds is 6. The maximum Gasteiger partial charge on any atom is 0.234 e. The van der Waals surface area contributed by atoms with Gasteiger partial charge in [0.2, 0.25) is 5.91 Å². The number of amides is 1. The fraction of sp³-hybridized carbons (Fsp3) is 0.481. The van der Waals surface area contributed by atoms with Gasteiger partial charge < -0.3 is 15.6 Å². The second-order valence-electron chi connectivity index (χ2n) is 9.66. The maximum atomic E-state index is 11.9. The van der Waals surface area contributed by atoms with Crippen molar-refractivity contribution < 1.29 is 4.79 Å². The first-order valence-corrected chi connectivity index (χ1v) is 11.9. The van der Waals surface area contributed by atoms with Crippen LogP contribution in [0.5, 0.6) is 0 Å². The molecule has 0 unspecified atom stereocenters. The monoisotopic (exact) mass is 432 g/mol. The van der Waals surface area contributed by atoms with E-state index in [0.717, 1.165) is 37.1 Å². The van der Waals surface area contributed by atoms with Crippen LogP contribution in [0, 0.1) is 13.8 Å². The summed E-state index contributed by atoms with van der Waals surface area (Å²) < 4.78 is 0. The lowest BCUT2D eigenvalue weighted by Gasteiger charge is -2.29. The fourth-order valence-electron chi connectivity index (χ4n) is 5.30. The Bertz CT molecular complexity index is 1090. The highest BCUT2D eigenvalue weighted by atomic mass is 16.1. The van der Waals surface area contributed by atoms with Gasteiger partial charge in [0.15, 0.2) is 0 Å². The van der Waals surface area contributed by atoms with Crippen molar-refractivity contribution in [3.05, 3.63) is 52.8 Å². The van der Waals surface area contributed by atoms with Crippen molar-refractivity contribution in [3.63, 3.8) is 0 Å². The van der Waals surface area contributed by atoms with Crippen LogP contribution in [-0.2, 0) is 4.79 Å². The van der Waals surface area contributed by atoms with E-state index in [-0.39, 0.29) is 5.91 Å². The van der Waals surface area contributed by atoms with Gasteiger partial charge in [0.1, 0.15) is 0 Å². The summed E-state index contributed by atoms with van der Waals surface area (Å²) in [7, 11) is 1.81. The summed E-state index contributed by atoms with van der Waals surface area (Å²) in [4.78, 5) is 20.2. The Labute approximate surface area is 191 Å². The highest BCUT2D eigenvalue weighted by Crippen LogP contribution is 2.39. The van der Waals surface area contributed by atoms with Gasteiger partial charge in [-0.15, -0.1) is 0 Å². The minimum atomic E-state index is 0.0976. The lowest BCUT2D eigenvalue weighted by atomic mass is 9.81. The quantitative estimate of drug-likeness (QED) is 0.493. The number of benzene rings is 1. The van der Waals surface area contributed by atoms with E-state index < -0.39 is 0 Å². The molecule has 1 aliphatic carbocycles. The van der Waals surface area contributed by atoms with E-state index >= 15 is 0 Å². The molecular weight excluding hydrogens is 396 g/mol. The zero-order valence-electron chi connectivity index (χ0n) is 20.0. The van der Waals surface area contributed by atoms with Crippen LogP contribution in [-0.4, -0.2) is 35.5 Å². The Balaban J connectivity index is 1.61. The minimum Gasteiger partial charge on any atom is -0.354 e. The first kappa shape index (κ1) is 22.5. The molecule has 170 valence electrons. The topological polar surface area (TPSA) is 69.8 Å². The zero-order chi connectivity index (χ0) is 22.8. The van der Waals surface area contributed by atoms with Crippen molar-refractivity contribution >= 4 is 16.8 Å². The van der Waals surface area contributed by atoms with Crippen molar-refractivity contribution in [2.24, 2.45) is 0 Å². The molecule has 3 N–H and O–H groups in total. The van der Waals surface area contributed by atoms with Gasteiger partial charge in [-0.3, -0.25) is 9.78 Å². The molecule has 1 aromatic carbocycles. The molecule has 32 heavy (non-hydrogen) atoms. The number of aromatic nitrogens is 2. The van der Waals surface area contributed by atoms with E-state index in [0.29, 0.717) is 24.4 Å². The van der Waals surface area contributed by atoms with Crippen LogP contribution in [0.15, 0.2) is 30.3 Å². The summed E-state index contributed by atoms with van der Waals surface area (Å²) in [5.41, 5.74) is 8.55. The third-order valence-corrected chi connectivity index (χ3v) is 6.71. The van der Waals surface area contributed by atoms with Crippen molar-refractivity contribution in [2.45, 2.75) is 71.3 Å². The Hall–Kier alpha value is -2.66. The zero-order valence-corrected chi connectivity index (χ0v) is 20.0. The number of nitrogens with zero attached hydrogens (tertiary/aromatic N) is 1. The molecule has 1 fully saturated rings. The Morgan fingerprint density at radius 1 is 1.09 bits per heavy atom. The number of H-pyrrole nitrogens is 1. The minimum absolute atomic E-state index is 0.0976. The van der Waals surface area contributed by atoms with Gasteiger partial charge in [-0.2, -0.15) is 0 Å². The van der Waals surface area contributed by atoms with Gasteiger partial charge in [0.05, 0.1) is 12.2 Å². The second kappa shape index (κ2) is 9.45. The van der Waals surface area contributed by atoms with Crippen molar-refractivity contribution in [3.8, 4) is 11.3 Å². The van der Waals surface area contributed by atoms with Crippen LogP contribution >= 0.6 is 0 Å². The van der Waals surface area contributed by atoms with Gasteiger partial charge in [-0.1, -0.05) is 19.9 Å². The van der Waals surface area contributed by atoms with Crippen LogP contribution in [0.2, 0.25) is 0 Å². The molecule has 0 radical (unpaired) electrons. The molecule has 3 aromatic rings. The molecule has 0 saturated heterocycles. The third-order valence-electron chi connectivity index (χ3n) is 6.71. The highest BCUT2D eigenvalue weighted by molar-refractivity contribution is 5.92. The third kappa shape index (κ3) is 4.73. The average Bonchev–Trinajstić information content (AvgIpc) is 3.13. The number of carbonyl (C=O) groups is 1. The number of likely N-dealkylation sites (N-methyl/N-ethyl adjacent to an activating group) is 1. The van der Waals surface area contributed by atoms with Gasteiger partial charge in [0, 0.05) is 33.9 Å². The molecule has 0 bridgehead atoms. The van der Waals surface area contributed by atoms with Gasteiger partial charge in [0.25, 0.3) is 0 Å². The largest absolute Gasteiger partial charge is 0.354 e. The predicted octanol–water partition coefficient (Wildman–Crippen LogP) is 5.33. The van der Waals surface area contributed by atoms with Gasteiger partial charge in [-0.05, 0) is 93.8 Å². The molecule has 0 spiro atoms. The summed E-state index contributed by atoms with van der Waals surface area (Å²) in [5, 5.41) is 7.43. The van der Waals surface area contributed by atoms with Gasteiger partial charge >= 0.3 is 0 Å². The normalized spacial score (nSPS) is 18.9. The Morgan fingerprint density at radius 2 is 1.78 bits per heavy atom. The number of aryl methyl sites for hydroxylation is 2. The predicted molar refractivity (Wildman–Crippen MR) is 132 cm³/mol. The fourth-order valence-corrected chi connectivity index (χ4v) is 5.30. The van der Waals surface area contributed by atoms with Crippen LogP contribution in [0.25, 0.3) is 22.2 Å². The second-order valence-corrected chi connectivity index (χ2v) is 9.66. The molecule has 0 atom stereocenters. The molecule has 2 aromatic heterocycles. The summed E-state index contributed by atoms with van der Waals surface area (Å²) in [5.74, 6) is 1.07. The summed E-state index contributed by atoms with van der Waals surface area (Å²) >= 11 is 0. The number of nitrogens with one attached hydrogen (secondary N) is 3. The summed E-state index contributed by atoms with van der Waals surface area (Å²) in [6, 6.07) is 11.6. The standard InChI is InChI=1S/C27H36N4O/c1-16(2)26-23-14-20(19-6-9-22(10-7-19)30-25(32)15-28-5)8-11-24(23)31-27(26)21-12-17(3)29-18(4)13-21/h8,11-14,16,19,22,28,31H,6-7,9-10,15H2,1-5H3,(H,30,32). The molecule has 4 rings (SSSR count). The van der Waals surface area contributed by atoms with Crippen molar-refractivity contribution in [1.82, 2.24) is 20.6 Å². The molecule has 2 heterocycles. The van der Waals surface area contributed by atoms with Crippen molar-refractivity contribution in [2.75, 3.05) is 13.6 Å². The SMILES string of the molecule is CNCC(=O)NC1CCC(c2ccc3[nH]c(-c4cc(C)nc(C)c4)c(C(C)C)c3c2)CC1. The molecule has 1 aliphatic rings. The summed E-state index contributed by atoms with van der Waals surface area (Å²) in [6.07, 6.45) is 4.33. The molecule has 1 amide bonds. The number of hydrogen-bond donors (Lipinski definition) is 3. The van der Waals surface area contributed by atoms with E-state index in [4.69, 9.17) is 0 Å². The van der Waals surface area contributed by atoms with Gasteiger partial charge in [-0.25, -0.2) is 0 Å². The maximum absolute atomic E-state index is 11.9. The van der Waals surface area contributed by atoms with E-state index in [9.17, 15) is 4.79 Å². The smallest absolute Gasteiger partial charge is 0.234 e. The lowest BCUT2D eigenvalue weighted by Crippen LogP contribution is -2.41. The molecule has 5 heteroatoms. The number of fused-ring (bicyclic) bond motifs is 1. The highest BCUT2D eigenvalue weighted by Gasteiger charge is 2.24. The van der Waals surface area contributed by atoms with E-state index in [1.807, 2.05) is 7.05 Å². The molecular formula is C27H36N4O. The Kier molecular flexibility index (Phi) is 6.66. The lowest BCUT2D eigenvalue weighted by molar-refractivity contribution is -0.121. The number of pyridine rings is 1. The van der Waals surface area contributed by atoms with Crippen LogP contribution < -0.4 is 10.6 Å². The summed E-state index contributed by atoms with van der Waals surface area (Å²) in [6.45, 7) is 9.06. The average molecular weight is 433 g/mol. The molecule has 5 nitrogen and oxygen atoms in total. The Morgan fingerprint density at radius 3 is 2.41 bits per heavy atom. The molecule has 1 saturated carbocycles.